The van der Waals surface area contributed by atoms with Crippen molar-refractivity contribution in [3.63, 3.8) is 0 Å². The van der Waals surface area contributed by atoms with Gasteiger partial charge in [0.2, 0.25) is 0 Å². The Balaban J connectivity index is 2.69. The van der Waals surface area contributed by atoms with E-state index in [-0.39, 0.29) is 23.8 Å². The van der Waals surface area contributed by atoms with Crippen LogP contribution in [0.3, 0.4) is 0 Å². The van der Waals surface area contributed by atoms with E-state index in [1.54, 1.807) is 13.2 Å². The van der Waals surface area contributed by atoms with E-state index < -0.39 is 0 Å². The third-order valence-electron chi connectivity index (χ3n) is 3.29. The lowest BCUT2D eigenvalue weighted by molar-refractivity contribution is 0.196. The third kappa shape index (κ3) is 4.73. The fourth-order valence-electron chi connectivity index (χ4n) is 2.02. The molecule has 0 radical (unpaired) electrons. The molecule has 4 nitrogen and oxygen atoms in total. The van der Waals surface area contributed by atoms with Crippen LogP contribution in [0, 0.1) is 5.41 Å². The molecule has 0 bridgehead atoms. The minimum Gasteiger partial charge on any atom is -0.507 e. The smallest absolute Gasteiger partial charge is 0.123 e. The number of hydrogen-bond acceptors (Lipinski definition) is 4. The second kappa shape index (κ2) is 6.78. The second-order valence-electron chi connectivity index (χ2n) is 5.81. The number of hydrogen-bond donors (Lipinski definition) is 3. The van der Waals surface area contributed by atoms with E-state index in [9.17, 15) is 5.11 Å². The van der Waals surface area contributed by atoms with Crippen LogP contribution in [-0.4, -0.2) is 30.0 Å². The lowest BCUT2D eigenvalue weighted by atomic mass is 9.85. The first-order valence-electron chi connectivity index (χ1n) is 6.58. The normalized spacial score (nSPS) is 13.3. The molecule has 0 amide bonds. The number of benzene rings is 1. The zero-order chi connectivity index (χ0) is 14.5. The molecule has 3 N–H and O–H groups in total. The van der Waals surface area contributed by atoms with Gasteiger partial charge in [-0.25, -0.2) is 0 Å². The first kappa shape index (κ1) is 15.8. The molecule has 4 heteroatoms. The van der Waals surface area contributed by atoms with Crippen LogP contribution >= 0.6 is 0 Å². The summed E-state index contributed by atoms with van der Waals surface area (Å²) in [5, 5.41) is 22.4. The van der Waals surface area contributed by atoms with Gasteiger partial charge in [0.05, 0.1) is 7.11 Å². The van der Waals surface area contributed by atoms with Gasteiger partial charge in [0.1, 0.15) is 11.5 Å². The van der Waals surface area contributed by atoms with Crippen molar-refractivity contribution in [2.75, 3.05) is 13.7 Å². The van der Waals surface area contributed by atoms with Crippen LogP contribution in [0.15, 0.2) is 18.2 Å². The molecule has 0 saturated heterocycles. The first-order chi connectivity index (χ1) is 8.88. The van der Waals surface area contributed by atoms with Crippen molar-refractivity contribution < 1.29 is 14.9 Å². The molecule has 0 fully saturated rings. The monoisotopic (exact) mass is 267 g/mol. The second-order valence-corrected chi connectivity index (χ2v) is 5.81. The predicted octanol–water partition coefficient (Wildman–Crippen LogP) is 2.29. The molecule has 0 heterocycles. The average Bonchev–Trinajstić information content (AvgIpc) is 2.34. The highest BCUT2D eigenvalue weighted by Crippen LogP contribution is 2.25. The molecule has 1 rings (SSSR count). The molecular weight excluding hydrogens is 242 g/mol. The Morgan fingerprint density at radius 1 is 1.32 bits per heavy atom. The van der Waals surface area contributed by atoms with Gasteiger partial charge in [0.15, 0.2) is 0 Å². The van der Waals surface area contributed by atoms with Gasteiger partial charge in [-0.05, 0) is 17.9 Å². The standard InChI is InChI=1S/C15H25NO3/c1-15(2,3)14(7-8-17)16-10-11-5-6-12(19-4)9-13(11)18/h5-6,9,14,16-18H,7-8,10H2,1-4H3. The van der Waals surface area contributed by atoms with Gasteiger partial charge in [0, 0.05) is 30.8 Å². The minimum absolute atomic E-state index is 0.0603. The number of aliphatic hydroxyl groups is 1. The molecule has 0 aromatic heterocycles. The zero-order valence-corrected chi connectivity index (χ0v) is 12.2. The molecule has 1 atom stereocenters. The van der Waals surface area contributed by atoms with Crippen molar-refractivity contribution >= 4 is 0 Å². The van der Waals surface area contributed by atoms with Crippen LogP contribution in [0.1, 0.15) is 32.8 Å². The topological polar surface area (TPSA) is 61.7 Å². The Morgan fingerprint density at radius 2 is 2.00 bits per heavy atom. The summed E-state index contributed by atoms with van der Waals surface area (Å²) in [5.41, 5.74) is 0.887. The number of nitrogens with one attached hydrogen (secondary N) is 1. The van der Waals surface area contributed by atoms with Gasteiger partial charge < -0.3 is 20.3 Å². The maximum Gasteiger partial charge on any atom is 0.123 e. The van der Waals surface area contributed by atoms with Crippen molar-refractivity contribution in [3.05, 3.63) is 23.8 Å². The molecule has 0 aliphatic carbocycles. The van der Waals surface area contributed by atoms with Crippen LogP contribution in [0.2, 0.25) is 0 Å². The van der Waals surface area contributed by atoms with Crippen molar-refractivity contribution in [1.82, 2.24) is 5.32 Å². The van der Waals surface area contributed by atoms with E-state index in [4.69, 9.17) is 9.84 Å². The number of phenolic OH excluding ortho intramolecular Hbond substituents is 1. The summed E-state index contributed by atoms with van der Waals surface area (Å²) in [4.78, 5) is 0. The molecule has 0 spiro atoms. The highest BCUT2D eigenvalue weighted by Gasteiger charge is 2.23. The van der Waals surface area contributed by atoms with Crippen molar-refractivity contribution in [2.45, 2.75) is 39.8 Å². The molecule has 19 heavy (non-hydrogen) atoms. The lowest BCUT2D eigenvalue weighted by Crippen LogP contribution is -2.40. The summed E-state index contributed by atoms with van der Waals surface area (Å²) >= 11 is 0. The van der Waals surface area contributed by atoms with E-state index in [2.05, 4.69) is 26.1 Å². The van der Waals surface area contributed by atoms with E-state index in [0.717, 1.165) is 5.56 Å². The van der Waals surface area contributed by atoms with Gasteiger partial charge in [-0.1, -0.05) is 26.8 Å². The molecule has 0 saturated carbocycles. The Kier molecular flexibility index (Phi) is 5.63. The Labute approximate surface area is 115 Å². The van der Waals surface area contributed by atoms with Gasteiger partial charge >= 0.3 is 0 Å². The van der Waals surface area contributed by atoms with Gasteiger partial charge in [-0.3, -0.25) is 0 Å². The Hall–Kier alpha value is -1.26. The predicted molar refractivity (Wildman–Crippen MR) is 76.4 cm³/mol. The summed E-state index contributed by atoms with van der Waals surface area (Å²) in [6.45, 7) is 7.12. The van der Waals surface area contributed by atoms with Gasteiger partial charge in [-0.15, -0.1) is 0 Å². The lowest BCUT2D eigenvalue weighted by Gasteiger charge is -2.31. The van der Waals surface area contributed by atoms with Gasteiger partial charge in [-0.2, -0.15) is 0 Å². The summed E-state index contributed by atoms with van der Waals surface area (Å²) < 4.78 is 5.05. The zero-order valence-electron chi connectivity index (χ0n) is 12.2. The third-order valence-corrected chi connectivity index (χ3v) is 3.29. The number of phenols is 1. The van der Waals surface area contributed by atoms with Crippen molar-refractivity contribution in [3.8, 4) is 11.5 Å². The maximum atomic E-state index is 9.90. The maximum absolute atomic E-state index is 9.90. The number of rotatable bonds is 6. The van der Waals surface area contributed by atoms with Crippen molar-refractivity contribution in [2.24, 2.45) is 5.41 Å². The molecule has 0 aliphatic rings. The van der Waals surface area contributed by atoms with E-state index >= 15 is 0 Å². The van der Waals surface area contributed by atoms with Gasteiger partial charge in [0.25, 0.3) is 0 Å². The van der Waals surface area contributed by atoms with E-state index in [1.165, 1.54) is 0 Å². The van der Waals surface area contributed by atoms with E-state index in [1.807, 2.05) is 12.1 Å². The fourth-order valence-corrected chi connectivity index (χ4v) is 2.02. The number of methoxy groups -OCH3 is 1. The van der Waals surface area contributed by atoms with Crippen LogP contribution in [0.5, 0.6) is 11.5 Å². The summed E-state index contributed by atoms with van der Waals surface area (Å²) in [7, 11) is 1.57. The molecular formula is C15H25NO3. The first-order valence-corrected chi connectivity index (χ1v) is 6.58. The van der Waals surface area contributed by atoms with Crippen molar-refractivity contribution in [1.29, 1.82) is 0 Å². The number of ether oxygens (including phenoxy) is 1. The molecule has 0 aliphatic heterocycles. The van der Waals surface area contributed by atoms with Crippen LogP contribution in [0.25, 0.3) is 0 Å². The average molecular weight is 267 g/mol. The number of aliphatic hydroxyl groups excluding tert-OH is 1. The van der Waals surface area contributed by atoms with Crippen LogP contribution in [0.4, 0.5) is 0 Å². The Morgan fingerprint density at radius 3 is 2.47 bits per heavy atom. The largest absolute Gasteiger partial charge is 0.507 e. The molecule has 108 valence electrons. The summed E-state index contributed by atoms with van der Waals surface area (Å²) in [6.07, 6.45) is 0.695. The quantitative estimate of drug-likeness (QED) is 0.740. The number of aromatic hydroxyl groups is 1. The fraction of sp³-hybridized carbons (Fsp3) is 0.600. The van der Waals surface area contributed by atoms with Crippen LogP contribution < -0.4 is 10.1 Å². The molecule has 1 aromatic rings. The highest BCUT2D eigenvalue weighted by atomic mass is 16.5. The minimum atomic E-state index is 0.0603. The molecule has 1 aromatic carbocycles. The summed E-state index contributed by atoms with van der Waals surface area (Å²) in [5.74, 6) is 0.868. The molecule has 1 unspecified atom stereocenters. The summed E-state index contributed by atoms with van der Waals surface area (Å²) in [6, 6.07) is 5.48. The van der Waals surface area contributed by atoms with E-state index in [0.29, 0.717) is 18.7 Å². The Bertz CT molecular complexity index is 399. The van der Waals surface area contributed by atoms with Crippen LogP contribution in [-0.2, 0) is 6.54 Å². The highest BCUT2D eigenvalue weighted by molar-refractivity contribution is 5.39. The SMILES string of the molecule is COc1ccc(CNC(CCO)C(C)(C)C)c(O)c1.